The fourth-order valence-corrected chi connectivity index (χ4v) is 4.10. The van der Waals surface area contributed by atoms with Crippen molar-refractivity contribution in [2.45, 2.75) is 43.7 Å². The van der Waals surface area contributed by atoms with Crippen LogP contribution in [0.25, 0.3) is 5.57 Å². The second-order valence-electron chi connectivity index (χ2n) is 7.86. The maximum Gasteiger partial charge on any atom is 0.419 e. The molecule has 2 unspecified atom stereocenters. The fraction of sp³-hybridized carbons (Fsp3) is 0.474. The molecule has 2 aromatic heterocycles. The predicted molar refractivity (Wildman–Crippen MR) is 104 cm³/mol. The van der Waals surface area contributed by atoms with E-state index in [2.05, 4.69) is 20.4 Å². The van der Waals surface area contributed by atoms with Crippen molar-refractivity contribution in [3.05, 3.63) is 35.9 Å². The molecule has 4 heterocycles. The van der Waals surface area contributed by atoms with Crippen LogP contribution in [0.4, 0.5) is 42.8 Å². The first kappa shape index (κ1) is 22.9. The molecule has 2 N–H and O–H groups in total. The third-order valence-electron chi connectivity index (χ3n) is 5.43. The van der Waals surface area contributed by atoms with Crippen LogP contribution in [0.3, 0.4) is 0 Å². The summed E-state index contributed by atoms with van der Waals surface area (Å²) in [5, 5.41) is 8.59. The molecule has 0 saturated carbocycles. The molecule has 8 nitrogen and oxygen atoms in total. The Morgan fingerprint density at radius 2 is 1.94 bits per heavy atom. The molecule has 1 fully saturated rings. The van der Waals surface area contributed by atoms with Crippen molar-refractivity contribution in [1.29, 1.82) is 0 Å². The summed E-state index contributed by atoms with van der Waals surface area (Å²) < 4.78 is 79.9. The van der Waals surface area contributed by atoms with E-state index < -0.39 is 42.6 Å². The van der Waals surface area contributed by atoms with Gasteiger partial charge in [0.15, 0.2) is 0 Å². The van der Waals surface area contributed by atoms with E-state index in [1.807, 2.05) is 5.32 Å². The lowest BCUT2D eigenvalue weighted by Gasteiger charge is -2.34. The predicted octanol–water partition coefficient (Wildman–Crippen LogP) is 3.86. The lowest BCUT2D eigenvalue weighted by Crippen LogP contribution is -2.50. The Hall–Kier alpha value is -3.32. The van der Waals surface area contributed by atoms with Crippen LogP contribution < -0.4 is 10.6 Å². The lowest BCUT2D eigenvalue weighted by molar-refractivity contribution is -0.138. The third-order valence-corrected chi connectivity index (χ3v) is 5.43. The molecular weight excluding hydrogens is 456 g/mol. The highest BCUT2D eigenvalue weighted by molar-refractivity contribution is 5.79. The molecule has 4 rings (SSSR count). The van der Waals surface area contributed by atoms with Gasteiger partial charge in [0.2, 0.25) is 5.95 Å². The Morgan fingerprint density at radius 3 is 2.55 bits per heavy atom. The number of hydrogen-bond donors (Lipinski definition) is 2. The summed E-state index contributed by atoms with van der Waals surface area (Å²) in [4.78, 5) is 21.4. The van der Waals surface area contributed by atoms with Crippen LogP contribution in [0.1, 0.15) is 30.5 Å². The molecule has 0 aliphatic carbocycles. The normalized spacial score (nSPS) is 20.6. The monoisotopic (exact) mass is 475 g/mol. The summed E-state index contributed by atoms with van der Waals surface area (Å²) >= 11 is 0. The van der Waals surface area contributed by atoms with E-state index in [0.717, 1.165) is 0 Å². The Morgan fingerprint density at radius 1 is 1.18 bits per heavy atom. The molecule has 33 heavy (non-hydrogen) atoms. The van der Waals surface area contributed by atoms with Gasteiger partial charge in [-0.1, -0.05) is 6.08 Å². The minimum absolute atomic E-state index is 0.0301. The van der Waals surface area contributed by atoms with Gasteiger partial charge in [-0.25, -0.2) is 14.8 Å². The summed E-state index contributed by atoms with van der Waals surface area (Å²) in [6.45, 7) is -1.48. The van der Waals surface area contributed by atoms with Gasteiger partial charge >= 0.3 is 18.4 Å². The average molecular weight is 475 g/mol. The Balaban J connectivity index is 1.62. The number of anilines is 2. The molecule has 2 atom stereocenters. The van der Waals surface area contributed by atoms with Crippen LogP contribution in [0.5, 0.6) is 0 Å². The maximum absolute atomic E-state index is 13.7. The van der Waals surface area contributed by atoms with E-state index in [1.54, 1.807) is 13.2 Å². The SMILES string of the molecule is Cn1cc(Nc2ncc(C(F)(F)F)c(C3=CC4CCC(C3)N4C(=O)NCC(F)(F)F)n2)cn1. The van der Waals surface area contributed by atoms with Crippen LogP contribution in [-0.4, -0.2) is 55.5 Å². The number of hydrogen-bond acceptors (Lipinski definition) is 5. The van der Waals surface area contributed by atoms with Crippen molar-refractivity contribution >= 4 is 23.2 Å². The summed E-state index contributed by atoms with van der Waals surface area (Å²) in [5.41, 5.74) is -0.601. The zero-order valence-electron chi connectivity index (χ0n) is 17.2. The maximum atomic E-state index is 13.7. The summed E-state index contributed by atoms with van der Waals surface area (Å²) in [6, 6.07) is -2.06. The fourth-order valence-electron chi connectivity index (χ4n) is 4.10. The van der Waals surface area contributed by atoms with Gasteiger partial charge in [-0.15, -0.1) is 0 Å². The molecule has 2 aliphatic rings. The number of aromatic nitrogens is 4. The smallest absolute Gasteiger partial charge is 0.329 e. The third kappa shape index (κ3) is 5.03. The number of rotatable bonds is 4. The van der Waals surface area contributed by atoms with Crippen molar-refractivity contribution in [1.82, 2.24) is 30.0 Å². The number of amides is 2. The summed E-state index contributed by atoms with van der Waals surface area (Å²) in [5.74, 6) is -0.0652. The zero-order valence-corrected chi connectivity index (χ0v) is 17.2. The van der Waals surface area contributed by atoms with Crippen molar-refractivity contribution in [2.24, 2.45) is 7.05 Å². The van der Waals surface area contributed by atoms with E-state index in [-0.39, 0.29) is 23.6 Å². The van der Waals surface area contributed by atoms with Gasteiger partial charge in [0.05, 0.1) is 29.2 Å². The number of urea groups is 1. The molecular formula is C19H19F6N7O. The van der Waals surface area contributed by atoms with Crippen LogP contribution in [0.15, 0.2) is 24.7 Å². The van der Waals surface area contributed by atoms with Gasteiger partial charge in [0, 0.05) is 25.5 Å². The number of aryl methyl sites for hydroxylation is 1. The molecule has 2 amide bonds. The highest BCUT2D eigenvalue weighted by Gasteiger charge is 2.43. The van der Waals surface area contributed by atoms with Crippen LogP contribution >= 0.6 is 0 Å². The summed E-state index contributed by atoms with van der Waals surface area (Å²) in [6.07, 6.45) is -3.15. The minimum atomic E-state index is -4.72. The van der Waals surface area contributed by atoms with Gasteiger partial charge in [-0.05, 0) is 24.8 Å². The molecule has 2 aromatic rings. The van der Waals surface area contributed by atoms with E-state index in [1.165, 1.54) is 21.9 Å². The Kier molecular flexibility index (Phi) is 5.70. The number of halogens is 6. The molecule has 178 valence electrons. The van der Waals surface area contributed by atoms with Crippen molar-refractivity contribution in [3.63, 3.8) is 0 Å². The largest absolute Gasteiger partial charge is 0.419 e. The number of alkyl halides is 6. The first-order valence-corrected chi connectivity index (χ1v) is 9.94. The van der Waals surface area contributed by atoms with Gasteiger partial charge in [0.25, 0.3) is 0 Å². The molecule has 0 aromatic carbocycles. The molecule has 2 bridgehead atoms. The number of nitrogens with one attached hydrogen (secondary N) is 2. The zero-order chi connectivity index (χ0) is 24.0. The number of fused-ring (bicyclic) bond motifs is 2. The lowest BCUT2D eigenvalue weighted by atomic mass is 9.96. The topological polar surface area (TPSA) is 88.0 Å². The molecule has 0 spiro atoms. The van der Waals surface area contributed by atoms with E-state index in [0.29, 0.717) is 24.7 Å². The highest BCUT2D eigenvalue weighted by atomic mass is 19.4. The number of carbonyl (C=O) groups excluding carboxylic acids is 1. The van der Waals surface area contributed by atoms with Crippen molar-refractivity contribution in [2.75, 3.05) is 11.9 Å². The van der Waals surface area contributed by atoms with Crippen LogP contribution in [0.2, 0.25) is 0 Å². The van der Waals surface area contributed by atoms with E-state index >= 15 is 0 Å². The van der Waals surface area contributed by atoms with Gasteiger partial charge < -0.3 is 15.5 Å². The van der Waals surface area contributed by atoms with Gasteiger partial charge in [0.1, 0.15) is 6.54 Å². The first-order chi connectivity index (χ1) is 15.4. The second-order valence-corrected chi connectivity index (χ2v) is 7.86. The molecule has 1 saturated heterocycles. The molecule has 0 radical (unpaired) electrons. The van der Waals surface area contributed by atoms with Crippen molar-refractivity contribution in [3.8, 4) is 0 Å². The van der Waals surface area contributed by atoms with Crippen LogP contribution in [0, 0.1) is 0 Å². The quantitative estimate of drug-likeness (QED) is 0.656. The highest BCUT2D eigenvalue weighted by Crippen LogP contribution is 2.42. The Labute approximate surface area is 183 Å². The number of carbonyl (C=O) groups is 1. The van der Waals surface area contributed by atoms with Crippen LogP contribution in [-0.2, 0) is 13.2 Å². The van der Waals surface area contributed by atoms with E-state index in [9.17, 15) is 31.1 Å². The average Bonchev–Trinajstić information content (AvgIpc) is 3.24. The second kappa shape index (κ2) is 8.23. The molecule has 14 heteroatoms. The Bertz CT molecular complexity index is 1080. The first-order valence-electron chi connectivity index (χ1n) is 9.94. The minimum Gasteiger partial charge on any atom is -0.329 e. The summed E-state index contributed by atoms with van der Waals surface area (Å²) in [7, 11) is 1.67. The van der Waals surface area contributed by atoms with E-state index in [4.69, 9.17) is 0 Å². The number of nitrogens with zero attached hydrogens (tertiary/aromatic N) is 5. The van der Waals surface area contributed by atoms with Gasteiger partial charge in [-0.2, -0.15) is 31.4 Å². The standard InChI is InChI=1S/C19H19F6N7O/c1-31-8-11(6-28-31)29-16-26-7-14(19(23,24)25)15(30-16)10-4-12-2-3-13(5-10)32(12)17(33)27-9-18(20,21)22/h4,6-8,12-13H,2-3,5,9H2,1H3,(H,27,33)(H,26,29,30). The molecule has 2 aliphatic heterocycles. The van der Waals surface area contributed by atoms with Gasteiger partial charge in [-0.3, -0.25) is 4.68 Å². The van der Waals surface area contributed by atoms with Crippen molar-refractivity contribution < 1.29 is 31.1 Å².